The van der Waals surface area contributed by atoms with Crippen molar-refractivity contribution in [1.82, 2.24) is 15.0 Å². The number of aromatic nitrogens is 3. The molecule has 1 aromatic heterocycles. The molecule has 0 spiro atoms. The van der Waals surface area contributed by atoms with Gasteiger partial charge in [0.1, 0.15) is 0 Å². The Labute approximate surface area is 87.4 Å². The molecule has 0 fully saturated rings. The third-order valence-corrected chi connectivity index (χ3v) is 2.05. The first-order chi connectivity index (χ1) is 7.31. The van der Waals surface area contributed by atoms with E-state index in [4.69, 9.17) is 5.90 Å². The molecule has 0 amide bonds. The van der Waals surface area contributed by atoms with Crippen LogP contribution in [-0.4, -0.2) is 15.0 Å². The molecule has 0 aliphatic rings. The summed E-state index contributed by atoms with van der Waals surface area (Å²) in [5, 5.41) is 8.37. The van der Waals surface area contributed by atoms with Crippen LogP contribution in [0.5, 0.6) is 0 Å². The number of nitrogens with zero attached hydrogens (tertiary/aromatic N) is 3. The Balaban J connectivity index is 2.42. The minimum Gasteiger partial charge on any atom is -0.300 e. The van der Waals surface area contributed by atoms with E-state index in [1.807, 2.05) is 31.2 Å². The lowest BCUT2D eigenvalue weighted by molar-refractivity contribution is 0.124. The van der Waals surface area contributed by atoms with Gasteiger partial charge in [-0.25, -0.2) is 5.90 Å². The Bertz CT molecular complexity index is 452. The maximum absolute atomic E-state index is 5.06. The second kappa shape index (κ2) is 4.20. The van der Waals surface area contributed by atoms with Gasteiger partial charge in [0.15, 0.2) is 0 Å². The molecule has 5 heteroatoms. The van der Waals surface area contributed by atoms with Gasteiger partial charge < -0.3 is 0 Å². The van der Waals surface area contributed by atoms with Gasteiger partial charge in [0.25, 0.3) is 0 Å². The summed E-state index contributed by atoms with van der Waals surface area (Å²) in [6.45, 7) is 2.24. The molecule has 0 saturated carbocycles. The van der Waals surface area contributed by atoms with Gasteiger partial charge in [0, 0.05) is 5.56 Å². The molecule has 15 heavy (non-hydrogen) atoms. The average molecular weight is 204 g/mol. The first-order valence-electron chi connectivity index (χ1n) is 4.60. The summed E-state index contributed by atoms with van der Waals surface area (Å²) in [6.07, 6.45) is 1.71. The Morgan fingerprint density at radius 3 is 2.87 bits per heavy atom. The standard InChI is InChI=1S/C10H12N4O/c1-8-6-12-14(13-8)10-5-3-2-4-9(10)7-15-11/h2-6H,7,11H2,1H3. The average Bonchev–Trinajstić information content (AvgIpc) is 2.66. The molecular weight excluding hydrogens is 192 g/mol. The summed E-state index contributed by atoms with van der Waals surface area (Å²) in [6, 6.07) is 7.71. The number of benzene rings is 1. The number of rotatable bonds is 3. The molecule has 78 valence electrons. The summed E-state index contributed by atoms with van der Waals surface area (Å²) in [5.41, 5.74) is 2.71. The number of hydrogen-bond donors (Lipinski definition) is 1. The molecule has 1 aromatic carbocycles. The van der Waals surface area contributed by atoms with E-state index in [2.05, 4.69) is 15.0 Å². The molecule has 2 N–H and O–H groups in total. The minimum atomic E-state index is 0.344. The SMILES string of the molecule is Cc1cnn(-c2ccccc2CON)n1. The van der Waals surface area contributed by atoms with Gasteiger partial charge >= 0.3 is 0 Å². The maximum atomic E-state index is 5.06. The zero-order chi connectivity index (χ0) is 10.7. The monoisotopic (exact) mass is 204 g/mol. The van der Waals surface area contributed by atoms with Crippen molar-refractivity contribution in [3.63, 3.8) is 0 Å². The largest absolute Gasteiger partial charge is 0.300 e. The molecule has 0 bridgehead atoms. The molecule has 2 aromatic rings. The molecule has 0 aliphatic heterocycles. The second-order valence-corrected chi connectivity index (χ2v) is 3.22. The third kappa shape index (κ3) is 2.03. The first-order valence-corrected chi connectivity index (χ1v) is 4.60. The van der Waals surface area contributed by atoms with Crippen molar-refractivity contribution in [2.75, 3.05) is 0 Å². The van der Waals surface area contributed by atoms with Crippen LogP contribution in [0.3, 0.4) is 0 Å². The van der Waals surface area contributed by atoms with Crippen LogP contribution in [0, 0.1) is 6.92 Å². The zero-order valence-corrected chi connectivity index (χ0v) is 8.42. The number of aryl methyl sites for hydroxylation is 1. The quantitative estimate of drug-likeness (QED) is 0.756. The van der Waals surface area contributed by atoms with Gasteiger partial charge in [-0.3, -0.25) is 4.84 Å². The van der Waals surface area contributed by atoms with E-state index in [1.54, 1.807) is 11.0 Å². The predicted molar refractivity (Wildman–Crippen MR) is 55.1 cm³/mol. The molecular formula is C10H12N4O. The highest BCUT2D eigenvalue weighted by atomic mass is 16.6. The van der Waals surface area contributed by atoms with Crippen LogP contribution in [0.4, 0.5) is 0 Å². The lowest BCUT2D eigenvalue weighted by Crippen LogP contribution is -2.06. The highest BCUT2D eigenvalue weighted by molar-refractivity contribution is 5.38. The van der Waals surface area contributed by atoms with Crippen LogP contribution in [0.2, 0.25) is 0 Å². The van der Waals surface area contributed by atoms with E-state index in [9.17, 15) is 0 Å². The highest BCUT2D eigenvalue weighted by Gasteiger charge is 2.05. The van der Waals surface area contributed by atoms with Crippen molar-refractivity contribution in [3.8, 4) is 5.69 Å². The third-order valence-electron chi connectivity index (χ3n) is 2.05. The zero-order valence-electron chi connectivity index (χ0n) is 8.42. The van der Waals surface area contributed by atoms with E-state index in [0.717, 1.165) is 16.9 Å². The van der Waals surface area contributed by atoms with Crippen molar-refractivity contribution in [2.24, 2.45) is 5.90 Å². The normalized spacial score (nSPS) is 10.5. The summed E-state index contributed by atoms with van der Waals surface area (Å²) in [7, 11) is 0. The lowest BCUT2D eigenvalue weighted by Gasteiger charge is -2.06. The first kappa shape index (κ1) is 9.82. The van der Waals surface area contributed by atoms with E-state index in [0.29, 0.717) is 6.61 Å². The van der Waals surface area contributed by atoms with E-state index >= 15 is 0 Å². The van der Waals surface area contributed by atoms with Gasteiger partial charge in [-0.1, -0.05) is 18.2 Å². The smallest absolute Gasteiger partial charge is 0.0951 e. The molecule has 2 rings (SSSR count). The van der Waals surface area contributed by atoms with Crippen LogP contribution in [-0.2, 0) is 11.4 Å². The molecule has 0 unspecified atom stereocenters. The highest BCUT2D eigenvalue weighted by Crippen LogP contribution is 2.12. The Morgan fingerprint density at radius 2 is 2.20 bits per heavy atom. The Kier molecular flexibility index (Phi) is 2.75. The summed E-state index contributed by atoms with van der Waals surface area (Å²) >= 11 is 0. The molecule has 0 atom stereocenters. The predicted octanol–water partition coefficient (Wildman–Crippen LogP) is 0.966. The van der Waals surface area contributed by atoms with Gasteiger partial charge in [-0.2, -0.15) is 15.0 Å². The summed E-state index contributed by atoms with van der Waals surface area (Å²) < 4.78 is 0. The van der Waals surface area contributed by atoms with Crippen LogP contribution in [0.1, 0.15) is 11.3 Å². The van der Waals surface area contributed by atoms with Crippen molar-refractivity contribution in [1.29, 1.82) is 0 Å². The van der Waals surface area contributed by atoms with Gasteiger partial charge in [-0.15, -0.1) is 0 Å². The number of hydrogen-bond acceptors (Lipinski definition) is 4. The van der Waals surface area contributed by atoms with Crippen molar-refractivity contribution in [2.45, 2.75) is 13.5 Å². The Morgan fingerprint density at radius 1 is 1.40 bits per heavy atom. The van der Waals surface area contributed by atoms with Gasteiger partial charge in [0.05, 0.1) is 24.2 Å². The maximum Gasteiger partial charge on any atom is 0.0951 e. The van der Waals surface area contributed by atoms with Gasteiger partial charge in [-0.05, 0) is 13.0 Å². The van der Waals surface area contributed by atoms with Crippen LogP contribution in [0.25, 0.3) is 5.69 Å². The molecule has 0 radical (unpaired) electrons. The van der Waals surface area contributed by atoms with E-state index in [-0.39, 0.29) is 0 Å². The fraction of sp³-hybridized carbons (Fsp3) is 0.200. The lowest BCUT2D eigenvalue weighted by atomic mass is 10.2. The summed E-state index contributed by atoms with van der Waals surface area (Å²) in [5.74, 6) is 5.06. The summed E-state index contributed by atoms with van der Waals surface area (Å²) in [4.78, 5) is 6.20. The molecule has 5 nitrogen and oxygen atoms in total. The van der Waals surface area contributed by atoms with E-state index < -0.39 is 0 Å². The topological polar surface area (TPSA) is 66.0 Å². The van der Waals surface area contributed by atoms with Crippen molar-refractivity contribution >= 4 is 0 Å². The molecule has 0 saturated heterocycles. The number of para-hydroxylation sites is 1. The van der Waals surface area contributed by atoms with Gasteiger partial charge in [0.2, 0.25) is 0 Å². The molecule has 1 heterocycles. The van der Waals surface area contributed by atoms with Crippen LogP contribution < -0.4 is 5.90 Å². The van der Waals surface area contributed by atoms with E-state index in [1.165, 1.54) is 0 Å². The Hall–Kier alpha value is -1.72. The fourth-order valence-corrected chi connectivity index (χ4v) is 1.37. The van der Waals surface area contributed by atoms with Crippen LogP contribution in [0.15, 0.2) is 30.5 Å². The van der Waals surface area contributed by atoms with Crippen molar-refractivity contribution in [3.05, 3.63) is 41.7 Å². The number of nitrogens with two attached hydrogens (primary N) is 1. The second-order valence-electron chi connectivity index (χ2n) is 3.22. The fourth-order valence-electron chi connectivity index (χ4n) is 1.37. The van der Waals surface area contributed by atoms with Crippen LogP contribution >= 0.6 is 0 Å². The minimum absolute atomic E-state index is 0.344. The molecule has 0 aliphatic carbocycles. The van der Waals surface area contributed by atoms with Crippen molar-refractivity contribution < 1.29 is 4.84 Å².